The second-order valence-electron chi connectivity index (χ2n) is 12.8. The van der Waals surface area contributed by atoms with E-state index in [1.165, 1.54) is 11.1 Å². The zero-order chi connectivity index (χ0) is 33.6. The van der Waals surface area contributed by atoms with Gasteiger partial charge in [0.1, 0.15) is 0 Å². The molecule has 7 heterocycles. The van der Waals surface area contributed by atoms with Crippen molar-refractivity contribution >= 4 is 22.3 Å². The molecule has 0 radical (unpaired) electrons. The van der Waals surface area contributed by atoms with Crippen LogP contribution in [0.15, 0.2) is 146 Å². The van der Waals surface area contributed by atoms with Crippen LogP contribution in [-0.4, -0.2) is 29.9 Å². The maximum absolute atomic E-state index is 4.33. The van der Waals surface area contributed by atoms with Crippen LogP contribution in [0.4, 0.5) is 0 Å². The number of nitrogens with one attached hydrogen (secondary N) is 4. The Hall–Kier alpha value is -6.66. The number of hydrogen-bond donors (Lipinski definition) is 4. The molecule has 8 bridgehead atoms. The first-order valence-corrected chi connectivity index (χ1v) is 16.8. The predicted octanol–water partition coefficient (Wildman–Crippen LogP) is 5.71. The van der Waals surface area contributed by atoms with E-state index < -0.39 is 0 Å². The second kappa shape index (κ2) is 12.1. The van der Waals surface area contributed by atoms with Crippen LogP contribution >= 0.6 is 0 Å². The number of fused-ring (bicyclic) bond motifs is 8. The second-order valence-corrected chi connectivity index (χ2v) is 12.8. The van der Waals surface area contributed by atoms with Crippen molar-refractivity contribution in [3.05, 3.63) is 224 Å². The fourth-order valence-corrected chi connectivity index (χ4v) is 7.05. The number of benzene rings is 2. The van der Waals surface area contributed by atoms with Crippen molar-refractivity contribution in [3.8, 4) is 0 Å². The molecular formula is C44H34N6. The molecule has 0 saturated heterocycles. The summed E-state index contributed by atoms with van der Waals surface area (Å²) in [6, 6.07) is 43.2. The van der Waals surface area contributed by atoms with Gasteiger partial charge in [-0.1, -0.05) is 59.7 Å². The van der Waals surface area contributed by atoms with Gasteiger partial charge < -0.3 is 19.9 Å². The van der Waals surface area contributed by atoms with Crippen LogP contribution in [0.1, 0.15) is 56.2 Å². The summed E-state index contributed by atoms with van der Waals surface area (Å²) in [7, 11) is 0. The third-order valence-corrected chi connectivity index (χ3v) is 9.52. The molecule has 9 rings (SSSR count). The average molecular weight is 647 g/mol. The molecule has 50 heavy (non-hydrogen) atoms. The van der Waals surface area contributed by atoms with Crippen LogP contribution < -0.4 is 21.4 Å². The van der Waals surface area contributed by atoms with Crippen molar-refractivity contribution in [2.24, 2.45) is 0 Å². The molecule has 0 saturated carbocycles. The Bertz CT molecular complexity index is 2550. The minimum atomic E-state index is 1.01. The molecule has 4 N–H and O–H groups in total. The van der Waals surface area contributed by atoms with Crippen LogP contribution in [0.2, 0.25) is 0 Å². The lowest BCUT2D eigenvalue weighted by Gasteiger charge is -2.10. The lowest BCUT2D eigenvalue weighted by Crippen LogP contribution is -2.19. The van der Waals surface area contributed by atoms with Gasteiger partial charge in [0.05, 0.1) is 0 Å². The summed E-state index contributed by atoms with van der Waals surface area (Å²) in [6.45, 7) is 4.24. The highest BCUT2D eigenvalue weighted by Gasteiger charge is 2.18. The van der Waals surface area contributed by atoms with E-state index in [9.17, 15) is 0 Å². The van der Waals surface area contributed by atoms with Crippen molar-refractivity contribution in [3.63, 3.8) is 0 Å². The molecule has 0 atom stereocenters. The molecule has 0 aliphatic carbocycles. The lowest BCUT2D eigenvalue weighted by molar-refractivity contribution is 1.18. The zero-order valence-electron chi connectivity index (χ0n) is 27.8. The molecule has 1 aliphatic heterocycles. The molecule has 6 nitrogen and oxygen atoms in total. The van der Waals surface area contributed by atoms with Gasteiger partial charge in [0, 0.05) is 91.3 Å². The summed E-state index contributed by atoms with van der Waals surface area (Å²) in [5.74, 6) is 0. The molecule has 0 spiro atoms. The Morgan fingerprint density at radius 1 is 0.300 bits per heavy atom. The van der Waals surface area contributed by atoms with Crippen molar-refractivity contribution in [2.45, 2.75) is 13.8 Å². The van der Waals surface area contributed by atoms with Crippen molar-refractivity contribution < 1.29 is 0 Å². The SMILES string of the molecule is Cc1ccc(C2=c3ccc([nH]3)=C(c3ccncc3)c3ccc([nH]3)C(c3ccc(C)cc3)=c3ccc([nH]3)=C(c3ccncc3)c3ccc2[nH]3)cc1. The third kappa shape index (κ3) is 5.24. The van der Waals surface area contributed by atoms with E-state index in [0.717, 1.165) is 88.7 Å². The molecule has 6 heteroatoms. The summed E-state index contributed by atoms with van der Waals surface area (Å²) < 4.78 is 0. The molecule has 6 aromatic heterocycles. The molecule has 0 amide bonds. The number of hydrogen-bond acceptors (Lipinski definition) is 2. The fraction of sp³-hybridized carbons (Fsp3) is 0.0455. The van der Waals surface area contributed by atoms with Gasteiger partial charge in [-0.05, 0) is 109 Å². The van der Waals surface area contributed by atoms with Gasteiger partial charge in [-0.3, -0.25) is 9.97 Å². The van der Waals surface area contributed by atoms with Gasteiger partial charge in [0.15, 0.2) is 0 Å². The molecular weight excluding hydrogens is 613 g/mol. The van der Waals surface area contributed by atoms with Gasteiger partial charge in [0.25, 0.3) is 0 Å². The quantitative estimate of drug-likeness (QED) is 0.198. The van der Waals surface area contributed by atoms with E-state index >= 15 is 0 Å². The van der Waals surface area contributed by atoms with Gasteiger partial charge in [-0.25, -0.2) is 0 Å². The number of nitrogens with zero attached hydrogens (tertiary/aromatic N) is 2. The zero-order valence-corrected chi connectivity index (χ0v) is 27.8. The fourth-order valence-electron chi connectivity index (χ4n) is 7.05. The highest BCUT2D eigenvalue weighted by Crippen LogP contribution is 2.28. The summed E-state index contributed by atoms with van der Waals surface area (Å²) in [5, 5.41) is 4.04. The number of pyridine rings is 2. The summed E-state index contributed by atoms with van der Waals surface area (Å²) in [5.41, 5.74) is 15.2. The van der Waals surface area contributed by atoms with Crippen molar-refractivity contribution in [2.75, 3.05) is 0 Å². The molecule has 8 aromatic rings. The number of aromatic nitrogens is 6. The van der Waals surface area contributed by atoms with Crippen LogP contribution in [-0.2, 0) is 0 Å². The van der Waals surface area contributed by atoms with E-state index in [2.05, 4.69) is 165 Å². The molecule has 1 aliphatic rings. The lowest BCUT2D eigenvalue weighted by atomic mass is 10.0. The minimum Gasteiger partial charge on any atom is -0.354 e. The number of aryl methyl sites for hydroxylation is 2. The van der Waals surface area contributed by atoms with Crippen molar-refractivity contribution in [1.82, 2.24) is 29.9 Å². The van der Waals surface area contributed by atoms with Gasteiger partial charge in [-0.15, -0.1) is 0 Å². The van der Waals surface area contributed by atoms with Gasteiger partial charge in [-0.2, -0.15) is 0 Å². The van der Waals surface area contributed by atoms with Gasteiger partial charge >= 0.3 is 0 Å². The summed E-state index contributed by atoms with van der Waals surface area (Å²) >= 11 is 0. The van der Waals surface area contributed by atoms with E-state index in [4.69, 9.17) is 0 Å². The number of rotatable bonds is 4. The average Bonchev–Trinajstić information content (AvgIpc) is 3.98. The Balaban J connectivity index is 1.43. The smallest absolute Gasteiger partial charge is 0.0485 e. The first kappa shape index (κ1) is 29.5. The topological polar surface area (TPSA) is 88.9 Å². The Morgan fingerprint density at radius 2 is 0.580 bits per heavy atom. The van der Waals surface area contributed by atoms with Crippen molar-refractivity contribution in [1.29, 1.82) is 0 Å². The molecule has 0 fully saturated rings. The minimum absolute atomic E-state index is 1.01. The van der Waals surface area contributed by atoms with E-state index in [0.29, 0.717) is 0 Å². The maximum atomic E-state index is 4.33. The largest absolute Gasteiger partial charge is 0.354 e. The Morgan fingerprint density at radius 3 is 0.880 bits per heavy atom. The van der Waals surface area contributed by atoms with E-state index in [1.807, 2.05) is 24.8 Å². The van der Waals surface area contributed by atoms with Crippen LogP contribution in [0, 0.1) is 13.8 Å². The van der Waals surface area contributed by atoms with E-state index in [-0.39, 0.29) is 0 Å². The van der Waals surface area contributed by atoms with Crippen LogP contribution in [0.5, 0.6) is 0 Å². The predicted molar refractivity (Wildman–Crippen MR) is 199 cm³/mol. The highest BCUT2D eigenvalue weighted by molar-refractivity contribution is 5.84. The normalized spacial score (nSPS) is 12.8. The highest BCUT2D eigenvalue weighted by atomic mass is 14.8. The van der Waals surface area contributed by atoms with Crippen LogP contribution in [0.25, 0.3) is 22.3 Å². The van der Waals surface area contributed by atoms with Crippen LogP contribution in [0.3, 0.4) is 0 Å². The Kier molecular flexibility index (Phi) is 7.13. The first-order chi connectivity index (χ1) is 24.6. The molecule has 240 valence electrons. The molecule has 2 aromatic carbocycles. The maximum Gasteiger partial charge on any atom is 0.0485 e. The number of H-pyrrole nitrogens is 4. The monoisotopic (exact) mass is 646 g/mol. The summed E-state index contributed by atoms with van der Waals surface area (Å²) in [4.78, 5) is 24.0. The van der Waals surface area contributed by atoms with E-state index in [1.54, 1.807) is 0 Å². The standard InChI is InChI=1S/C44H34N6/c1-27-3-7-29(8-4-27)41-33-11-15-37(47-33)43(31-19-23-45-24-20-31)39-17-13-35(49-39)42(30-9-5-28(2)6-10-30)36-14-18-40(50-36)44(32-21-25-46-26-22-32)38-16-12-34(41)48-38/h3-26,47-50H,1-2H3. The Labute approximate surface area is 289 Å². The third-order valence-electron chi connectivity index (χ3n) is 9.52. The van der Waals surface area contributed by atoms with Gasteiger partial charge in [0.2, 0.25) is 0 Å². The number of aromatic amines is 4. The molecule has 0 unspecified atom stereocenters. The summed E-state index contributed by atoms with van der Waals surface area (Å²) in [6.07, 6.45) is 7.39. The first-order valence-electron chi connectivity index (χ1n) is 16.8.